The first kappa shape index (κ1) is 16.8. The Morgan fingerprint density at radius 2 is 1.67 bits per heavy atom. The molecule has 0 bridgehead atoms. The molecule has 0 atom stereocenters. The number of nitrogens with two attached hydrogens (primary N) is 1. The molecule has 2 aromatic heterocycles. The Balaban J connectivity index is 2.08. The quantitative estimate of drug-likeness (QED) is 0.594. The number of hydrogen-bond donors (Lipinski definition) is 1. The Bertz CT molecular complexity index is 1110. The maximum absolute atomic E-state index is 6.18. The fourth-order valence-corrected chi connectivity index (χ4v) is 3.08. The minimum Gasteiger partial charge on any atom is -0.497 e. The van der Waals surface area contributed by atoms with Gasteiger partial charge in [0.15, 0.2) is 5.65 Å². The molecule has 0 radical (unpaired) electrons. The van der Waals surface area contributed by atoms with Crippen LogP contribution in [0.4, 0.5) is 5.82 Å². The molecule has 4 aromatic rings. The summed E-state index contributed by atoms with van der Waals surface area (Å²) in [4.78, 5) is 13.2. The number of nitrogens with zero attached hydrogens (tertiary/aromatic N) is 3. The second kappa shape index (κ2) is 6.92. The summed E-state index contributed by atoms with van der Waals surface area (Å²) < 4.78 is 11.0. The molecule has 27 heavy (non-hydrogen) atoms. The number of nitrogen functional groups attached to an aromatic ring is 1. The first-order valence-corrected chi connectivity index (χ1v) is 8.40. The van der Waals surface area contributed by atoms with Crippen LogP contribution < -0.4 is 15.2 Å². The molecule has 134 valence electrons. The summed E-state index contributed by atoms with van der Waals surface area (Å²) in [5.41, 5.74) is 10.2. The van der Waals surface area contributed by atoms with Crippen LogP contribution in [-0.2, 0) is 0 Å². The zero-order valence-corrected chi connectivity index (χ0v) is 15.0. The third kappa shape index (κ3) is 3.01. The average molecular weight is 358 g/mol. The number of fused-ring (bicyclic) bond motifs is 1. The Kier molecular flexibility index (Phi) is 4.30. The van der Waals surface area contributed by atoms with Gasteiger partial charge in [-0.05, 0) is 24.3 Å². The van der Waals surface area contributed by atoms with E-state index in [-0.39, 0.29) is 0 Å². The van der Waals surface area contributed by atoms with Crippen LogP contribution in [-0.4, -0.2) is 29.2 Å². The standard InChI is InChI=1S/C21H18N4O2/c1-26-14-8-9-18(27-2)15(10-14)16-11-17(13-6-4-3-5-7-13)25-21-19(16)20(22)23-12-24-21/h3-12H,1-2H3,(H2,22,23,24,25). The van der Waals surface area contributed by atoms with Crippen LogP contribution >= 0.6 is 0 Å². The third-order valence-electron chi connectivity index (χ3n) is 4.40. The van der Waals surface area contributed by atoms with Crippen LogP contribution in [0.15, 0.2) is 60.9 Å². The van der Waals surface area contributed by atoms with Gasteiger partial charge >= 0.3 is 0 Å². The Morgan fingerprint density at radius 1 is 0.852 bits per heavy atom. The molecule has 0 spiro atoms. The summed E-state index contributed by atoms with van der Waals surface area (Å²) in [5.74, 6) is 1.78. The number of pyridine rings is 1. The normalized spacial score (nSPS) is 10.7. The van der Waals surface area contributed by atoms with Crippen LogP contribution in [0, 0.1) is 0 Å². The summed E-state index contributed by atoms with van der Waals surface area (Å²) in [6.45, 7) is 0. The lowest BCUT2D eigenvalue weighted by molar-refractivity contribution is 0.404. The maximum atomic E-state index is 6.18. The van der Waals surface area contributed by atoms with E-state index < -0.39 is 0 Å². The molecule has 4 rings (SSSR count). The molecule has 0 fully saturated rings. The van der Waals surface area contributed by atoms with E-state index in [1.54, 1.807) is 14.2 Å². The number of anilines is 1. The molecule has 0 aliphatic rings. The van der Waals surface area contributed by atoms with E-state index >= 15 is 0 Å². The molecular weight excluding hydrogens is 340 g/mol. The van der Waals surface area contributed by atoms with Crippen molar-refractivity contribution < 1.29 is 9.47 Å². The van der Waals surface area contributed by atoms with Gasteiger partial charge in [-0.2, -0.15) is 0 Å². The third-order valence-corrected chi connectivity index (χ3v) is 4.40. The Hall–Kier alpha value is -3.67. The highest BCUT2D eigenvalue weighted by molar-refractivity contribution is 6.02. The molecule has 0 aliphatic heterocycles. The number of rotatable bonds is 4. The van der Waals surface area contributed by atoms with Gasteiger partial charge in [0.25, 0.3) is 0 Å². The van der Waals surface area contributed by atoms with Gasteiger partial charge in [0.05, 0.1) is 25.3 Å². The van der Waals surface area contributed by atoms with Crippen molar-refractivity contribution in [3.63, 3.8) is 0 Å². The fraction of sp³-hybridized carbons (Fsp3) is 0.0952. The smallest absolute Gasteiger partial charge is 0.165 e. The number of benzene rings is 2. The van der Waals surface area contributed by atoms with Crippen molar-refractivity contribution in [2.45, 2.75) is 0 Å². The minimum atomic E-state index is 0.368. The summed E-state index contributed by atoms with van der Waals surface area (Å²) >= 11 is 0. The van der Waals surface area contributed by atoms with Crippen LogP contribution in [0.5, 0.6) is 11.5 Å². The Morgan fingerprint density at radius 3 is 2.41 bits per heavy atom. The number of ether oxygens (including phenoxy) is 2. The lowest BCUT2D eigenvalue weighted by Crippen LogP contribution is -2.00. The van der Waals surface area contributed by atoms with Gasteiger partial charge < -0.3 is 15.2 Å². The van der Waals surface area contributed by atoms with Gasteiger partial charge in [0.2, 0.25) is 0 Å². The lowest BCUT2D eigenvalue weighted by Gasteiger charge is -2.14. The maximum Gasteiger partial charge on any atom is 0.165 e. The Labute approximate surface area is 156 Å². The largest absolute Gasteiger partial charge is 0.497 e. The predicted molar refractivity (Wildman–Crippen MR) is 106 cm³/mol. The fourth-order valence-electron chi connectivity index (χ4n) is 3.08. The lowest BCUT2D eigenvalue weighted by atomic mass is 9.98. The molecule has 6 heteroatoms. The van der Waals surface area contributed by atoms with Crippen LogP contribution in [0.2, 0.25) is 0 Å². The molecular formula is C21H18N4O2. The zero-order valence-electron chi connectivity index (χ0n) is 15.0. The second-order valence-corrected chi connectivity index (χ2v) is 5.94. The first-order chi connectivity index (χ1) is 13.2. The number of aromatic nitrogens is 3. The van der Waals surface area contributed by atoms with E-state index in [0.717, 1.165) is 22.4 Å². The number of methoxy groups -OCH3 is 2. The van der Waals surface area contributed by atoms with Gasteiger partial charge in [-0.1, -0.05) is 30.3 Å². The average Bonchev–Trinajstić information content (AvgIpc) is 2.73. The monoisotopic (exact) mass is 358 g/mol. The minimum absolute atomic E-state index is 0.368. The van der Waals surface area contributed by atoms with Crippen molar-refractivity contribution in [3.8, 4) is 33.9 Å². The molecule has 2 heterocycles. The molecule has 0 saturated heterocycles. The highest BCUT2D eigenvalue weighted by atomic mass is 16.5. The van der Waals surface area contributed by atoms with Gasteiger partial charge in [-0.25, -0.2) is 15.0 Å². The van der Waals surface area contributed by atoms with Crippen LogP contribution in [0.25, 0.3) is 33.4 Å². The molecule has 6 nitrogen and oxygen atoms in total. The van der Waals surface area contributed by atoms with Crippen molar-refractivity contribution in [3.05, 3.63) is 60.9 Å². The van der Waals surface area contributed by atoms with Gasteiger partial charge in [-0.3, -0.25) is 0 Å². The van der Waals surface area contributed by atoms with Crippen molar-refractivity contribution in [2.24, 2.45) is 0 Å². The number of hydrogen-bond acceptors (Lipinski definition) is 6. The van der Waals surface area contributed by atoms with E-state index in [9.17, 15) is 0 Å². The van der Waals surface area contributed by atoms with E-state index in [2.05, 4.69) is 15.0 Å². The van der Waals surface area contributed by atoms with Gasteiger partial charge in [0.1, 0.15) is 23.6 Å². The van der Waals surface area contributed by atoms with Crippen LogP contribution in [0.1, 0.15) is 0 Å². The molecule has 2 aromatic carbocycles. The molecule has 2 N–H and O–H groups in total. The van der Waals surface area contributed by atoms with E-state index in [1.807, 2.05) is 54.6 Å². The van der Waals surface area contributed by atoms with Crippen LogP contribution in [0.3, 0.4) is 0 Å². The van der Waals surface area contributed by atoms with Crippen molar-refractivity contribution >= 4 is 16.9 Å². The summed E-state index contributed by atoms with van der Waals surface area (Å²) in [6.07, 6.45) is 1.42. The van der Waals surface area contributed by atoms with Gasteiger partial charge in [0, 0.05) is 16.7 Å². The second-order valence-electron chi connectivity index (χ2n) is 5.94. The van der Waals surface area contributed by atoms with Gasteiger partial charge in [-0.15, -0.1) is 0 Å². The molecule has 0 unspecified atom stereocenters. The topological polar surface area (TPSA) is 83.2 Å². The van der Waals surface area contributed by atoms with Crippen molar-refractivity contribution in [2.75, 3.05) is 20.0 Å². The molecule has 0 aliphatic carbocycles. The van der Waals surface area contributed by atoms with Crippen molar-refractivity contribution in [1.29, 1.82) is 0 Å². The summed E-state index contributed by atoms with van der Waals surface area (Å²) in [7, 11) is 3.26. The highest BCUT2D eigenvalue weighted by Crippen LogP contribution is 2.39. The van der Waals surface area contributed by atoms with Crippen molar-refractivity contribution in [1.82, 2.24) is 15.0 Å². The van der Waals surface area contributed by atoms with E-state index in [0.29, 0.717) is 28.4 Å². The first-order valence-electron chi connectivity index (χ1n) is 8.40. The van der Waals surface area contributed by atoms with E-state index in [4.69, 9.17) is 15.2 Å². The summed E-state index contributed by atoms with van der Waals surface area (Å²) in [6, 6.07) is 17.5. The SMILES string of the molecule is COc1ccc(OC)c(-c2cc(-c3ccccc3)nc3ncnc(N)c23)c1. The van der Waals surface area contributed by atoms with E-state index in [1.165, 1.54) is 6.33 Å². The predicted octanol–water partition coefficient (Wildman–Crippen LogP) is 3.96. The molecule has 0 amide bonds. The highest BCUT2D eigenvalue weighted by Gasteiger charge is 2.17. The molecule has 0 saturated carbocycles. The summed E-state index contributed by atoms with van der Waals surface area (Å²) in [5, 5.41) is 0.684. The zero-order chi connectivity index (χ0) is 18.8.